The van der Waals surface area contributed by atoms with Crippen molar-refractivity contribution in [1.82, 2.24) is 0 Å². The highest BCUT2D eigenvalue weighted by Gasteiger charge is 2.20. The first kappa shape index (κ1) is 18.1. The molecule has 0 saturated carbocycles. The van der Waals surface area contributed by atoms with Crippen molar-refractivity contribution >= 4 is 21.5 Å². The number of halogens is 1. The lowest BCUT2D eigenvalue weighted by Gasteiger charge is -2.23. The van der Waals surface area contributed by atoms with E-state index in [0.717, 1.165) is 22.2 Å². The molecule has 2 rings (SSSR count). The molecule has 5 nitrogen and oxygen atoms in total. The molecule has 0 heterocycles. The Morgan fingerprint density at radius 3 is 2.46 bits per heavy atom. The molecule has 0 bridgehead atoms. The van der Waals surface area contributed by atoms with Crippen LogP contribution in [0, 0.1) is 12.7 Å². The molecule has 0 saturated heterocycles. The molecule has 2 N–H and O–H groups in total. The first-order valence-electron chi connectivity index (χ1n) is 7.28. The van der Waals surface area contributed by atoms with Crippen LogP contribution in [0.3, 0.4) is 0 Å². The van der Waals surface area contributed by atoms with Gasteiger partial charge in [-0.05, 0) is 30.7 Å². The molecule has 0 aliphatic rings. The maximum Gasteiger partial charge on any atom is 0.232 e. The van der Waals surface area contributed by atoms with Gasteiger partial charge in [-0.1, -0.05) is 24.3 Å². The highest BCUT2D eigenvalue weighted by Crippen LogP contribution is 2.23. The number of hydrogen-bond acceptors (Lipinski definition) is 4. The molecule has 0 spiro atoms. The minimum atomic E-state index is -3.60. The number of sulfonamides is 1. The Kier molecular flexibility index (Phi) is 5.36. The number of nitrogens with two attached hydrogens (primary N) is 1. The van der Waals surface area contributed by atoms with Crippen LogP contribution >= 0.6 is 0 Å². The van der Waals surface area contributed by atoms with Crippen LogP contribution in [0.4, 0.5) is 10.1 Å². The van der Waals surface area contributed by atoms with Crippen LogP contribution < -0.4 is 10.0 Å². The Morgan fingerprint density at radius 2 is 1.92 bits per heavy atom. The number of rotatable bonds is 6. The van der Waals surface area contributed by atoms with Gasteiger partial charge in [-0.25, -0.2) is 12.8 Å². The van der Waals surface area contributed by atoms with Crippen molar-refractivity contribution in [2.24, 2.45) is 5.73 Å². The van der Waals surface area contributed by atoms with E-state index < -0.39 is 15.8 Å². The summed E-state index contributed by atoms with van der Waals surface area (Å²) in [5, 5.41) is 0. The molecule has 0 atom stereocenters. The van der Waals surface area contributed by atoms with Crippen molar-refractivity contribution in [1.29, 1.82) is 0 Å². The normalized spacial score (nSPS) is 11.3. The van der Waals surface area contributed by atoms with Crippen LogP contribution in [0.15, 0.2) is 42.5 Å². The summed E-state index contributed by atoms with van der Waals surface area (Å²) in [5.41, 5.74) is 6.96. The van der Waals surface area contributed by atoms with E-state index in [-0.39, 0.29) is 30.0 Å². The average Bonchev–Trinajstić information content (AvgIpc) is 2.51. The van der Waals surface area contributed by atoms with Gasteiger partial charge in [-0.15, -0.1) is 0 Å². The van der Waals surface area contributed by atoms with Gasteiger partial charge in [-0.2, -0.15) is 0 Å². The second kappa shape index (κ2) is 7.11. The van der Waals surface area contributed by atoms with E-state index in [1.165, 1.54) is 12.1 Å². The van der Waals surface area contributed by atoms with Crippen molar-refractivity contribution in [3.05, 3.63) is 65.0 Å². The second-order valence-electron chi connectivity index (χ2n) is 5.54. The smallest absolute Gasteiger partial charge is 0.232 e. The van der Waals surface area contributed by atoms with Gasteiger partial charge in [0.2, 0.25) is 10.0 Å². The fraction of sp³-hybridized carbons (Fsp3) is 0.235. The summed E-state index contributed by atoms with van der Waals surface area (Å²) in [6, 6.07) is 10.9. The Balaban J connectivity index is 2.39. The first-order chi connectivity index (χ1) is 11.2. The van der Waals surface area contributed by atoms with Crippen molar-refractivity contribution in [3.63, 3.8) is 0 Å². The number of carbonyl (C=O) groups is 1. The third kappa shape index (κ3) is 4.18. The summed E-state index contributed by atoms with van der Waals surface area (Å²) in [4.78, 5) is 11.5. The Hall–Kier alpha value is -2.25. The summed E-state index contributed by atoms with van der Waals surface area (Å²) in [6.07, 6.45) is 1.07. The van der Waals surface area contributed by atoms with Crippen LogP contribution in [0.2, 0.25) is 0 Å². The standard InChI is InChI=1S/C17H19FN2O3S/c1-12-4-3-5-15(8-12)20(24(2,22)23)11-14-7-6-13(9-16(14)18)17(21)10-19/h3-9H,10-11,19H2,1-2H3. The molecule has 0 amide bonds. The van der Waals surface area contributed by atoms with Crippen LogP contribution in [0.25, 0.3) is 0 Å². The molecule has 24 heavy (non-hydrogen) atoms. The largest absolute Gasteiger partial charge is 0.324 e. The maximum absolute atomic E-state index is 14.3. The molecule has 7 heteroatoms. The summed E-state index contributed by atoms with van der Waals surface area (Å²) in [6.45, 7) is 1.47. The Bertz CT molecular complexity index is 866. The van der Waals surface area contributed by atoms with Gasteiger partial charge in [0, 0.05) is 11.1 Å². The van der Waals surface area contributed by atoms with Gasteiger partial charge in [0.15, 0.2) is 5.78 Å². The van der Waals surface area contributed by atoms with Crippen LogP contribution in [-0.4, -0.2) is 27.0 Å². The minimum Gasteiger partial charge on any atom is -0.324 e. The molecule has 0 fully saturated rings. The number of aryl methyl sites for hydroxylation is 1. The lowest BCUT2D eigenvalue weighted by atomic mass is 10.1. The highest BCUT2D eigenvalue weighted by molar-refractivity contribution is 7.92. The summed E-state index contributed by atoms with van der Waals surface area (Å²) in [5.74, 6) is -1.02. The van der Waals surface area contributed by atoms with Crippen molar-refractivity contribution in [2.45, 2.75) is 13.5 Å². The Labute approximate surface area is 141 Å². The lowest BCUT2D eigenvalue weighted by molar-refractivity contribution is 0.100. The number of carbonyl (C=O) groups excluding carboxylic acids is 1. The third-order valence-electron chi connectivity index (χ3n) is 3.56. The fourth-order valence-corrected chi connectivity index (χ4v) is 3.17. The molecule has 0 aliphatic heterocycles. The predicted molar refractivity (Wildman–Crippen MR) is 92.0 cm³/mol. The minimum absolute atomic E-state index is 0.161. The van der Waals surface area contributed by atoms with Gasteiger partial charge in [-0.3, -0.25) is 9.10 Å². The zero-order chi connectivity index (χ0) is 17.9. The summed E-state index contributed by atoms with van der Waals surface area (Å²) < 4.78 is 39.6. The van der Waals surface area contributed by atoms with Crippen LogP contribution in [0.5, 0.6) is 0 Å². The van der Waals surface area contributed by atoms with E-state index in [9.17, 15) is 17.6 Å². The van der Waals surface area contributed by atoms with E-state index in [1.807, 2.05) is 13.0 Å². The number of benzene rings is 2. The quantitative estimate of drug-likeness (QED) is 0.810. The lowest BCUT2D eigenvalue weighted by Crippen LogP contribution is -2.29. The van der Waals surface area contributed by atoms with Gasteiger partial charge in [0.25, 0.3) is 0 Å². The van der Waals surface area contributed by atoms with Gasteiger partial charge in [0.05, 0.1) is 25.0 Å². The second-order valence-corrected chi connectivity index (χ2v) is 7.45. The zero-order valence-corrected chi connectivity index (χ0v) is 14.3. The van der Waals surface area contributed by atoms with E-state index in [0.29, 0.717) is 5.69 Å². The molecular weight excluding hydrogens is 331 g/mol. The van der Waals surface area contributed by atoms with Crippen molar-refractivity contribution in [3.8, 4) is 0 Å². The molecule has 0 aliphatic carbocycles. The predicted octanol–water partition coefficient (Wildman–Crippen LogP) is 2.24. The maximum atomic E-state index is 14.3. The SMILES string of the molecule is Cc1cccc(N(Cc2ccc(C(=O)CN)cc2F)S(C)(=O)=O)c1. The van der Waals surface area contributed by atoms with E-state index in [2.05, 4.69) is 0 Å². The van der Waals surface area contributed by atoms with Crippen LogP contribution in [0.1, 0.15) is 21.5 Å². The zero-order valence-electron chi connectivity index (χ0n) is 13.5. The van der Waals surface area contributed by atoms with Gasteiger partial charge >= 0.3 is 0 Å². The molecule has 2 aromatic rings. The monoisotopic (exact) mass is 350 g/mol. The molecular formula is C17H19FN2O3S. The molecule has 0 radical (unpaired) electrons. The molecule has 128 valence electrons. The van der Waals surface area contributed by atoms with E-state index in [4.69, 9.17) is 5.73 Å². The van der Waals surface area contributed by atoms with Crippen LogP contribution in [-0.2, 0) is 16.6 Å². The average molecular weight is 350 g/mol. The van der Waals surface area contributed by atoms with Crippen molar-refractivity contribution < 1.29 is 17.6 Å². The summed E-state index contributed by atoms with van der Waals surface area (Å²) >= 11 is 0. The van der Waals surface area contributed by atoms with E-state index >= 15 is 0 Å². The summed E-state index contributed by atoms with van der Waals surface area (Å²) in [7, 11) is -3.60. The molecule has 2 aromatic carbocycles. The third-order valence-corrected chi connectivity index (χ3v) is 4.70. The first-order valence-corrected chi connectivity index (χ1v) is 9.13. The van der Waals surface area contributed by atoms with E-state index in [1.54, 1.807) is 18.2 Å². The number of Topliss-reactive ketones (excluding diaryl/α,β-unsaturated/α-hetero) is 1. The topological polar surface area (TPSA) is 80.5 Å². The van der Waals surface area contributed by atoms with Gasteiger partial charge < -0.3 is 5.73 Å². The fourth-order valence-electron chi connectivity index (χ4n) is 2.30. The molecule has 0 unspecified atom stereocenters. The molecule has 0 aromatic heterocycles. The number of nitrogens with zero attached hydrogens (tertiary/aromatic N) is 1. The Morgan fingerprint density at radius 1 is 1.21 bits per heavy atom. The number of ketones is 1. The van der Waals surface area contributed by atoms with Gasteiger partial charge in [0.1, 0.15) is 5.82 Å². The number of hydrogen-bond donors (Lipinski definition) is 1. The number of anilines is 1. The highest BCUT2D eigenvalue weighted by atomic mass is 32.2. The van der Waals surface area contributed by atoms with Crippen molar-refractivity contribution in [2.75, 3.05) is 17.1 Å².